The third-order valence-corrected chi connectivity index (χ3v) is 6.49. The third-order valence-electron chi connectivity index (χ3n) is 6.49. The van der Waals surface area contributed by atoms with E-state index in [1.54, 1.807) is 11.1 Å². The molecule has 2 aromatic rings. The second-order valence-electron chi connectivity index (χ2n) is 10.0. The molecule has 4 rings (SSSR count). The van der Waals surface area contributed by atoms with E-state index in [4.69, 9.17) is 4.74 Å². The van der Waals surface area contributed by atoms with E-state index in [-0.39, 0.29) is 17.6 Å². The van der Waals surface area contributed by atoms with Gasteiger partial charge >= 0.3 is 12.0 Å². The van der Waals surface area contributed by atoms with Gasteiger partial charge in [0, 0.05) is 55.2 Å². The smallest absolute Gasteiger partial charge is 0.342 e. The lowest BCUT2D eigenvalue weighted by molar-refractivity contribution is -0.140. The van der Waals surface area contributed by atoms with E-state index in [1.807, 2.05) is 36.9 Å². The first-order valence-corrected chi connectivity index (χ1v) is 12.0. The number of rotatable bonds is 4. The van der Waals surface area contributed by atoms with E-state index in [1.165, 1.54) is 0 Å². The number of nitrogens with one attached hydrogen (secondary N) is 1. The number of hydrogen-bond donors (Lipinski definition) is 1. The summed E-state index contributed by atoms with van der Waals surface area (Å²) in [6.07, 6.45) is 2.57. The van der Waals surface area contributed by atoms with E-state index < -0.39 is 5.97 Å². The molecule has 1 saturated heterocycles. The van der Waals surface area contributed by atoms with Crippen molar-refractivity contribution >= 4 is 28.5 Å². The van der Waals surface area contributed by atoms with Gasteiger partial charge in [-0.15, -0.1) is 0 Å². The number of H-pyrrole nitrogens is 1. The minimum absolute atomic E-state index is 0.0523. The molecule has 0 aliphatic carbocycles. The summed E-state index contributed by atoms with van der Waals surface area (Å²) in [6.45, 7) is 14.8. The number of amides is 2. The van der Waals surface area contributed by atoms with Gasteiger partial charge in [0.2, 0.25) is 0 Å². The first-order valence-electron chi connectivity index (χ1n) is 12.0. The summed E-state index contributed by atoms with van der Waals surface area (Å²) in [5.41, 5.74) is 2.80. The maximum atomic E-state index is 13.6. The molecule has 3 heterocycles. The number of para-hydroxylation sites is 1. The fraction of sp³-hybridized carbons (Fsp3) is 0.538. The summed E-state index contributed by atoms with van der Waals surface area (Å²) in [7, 11) is 0. The van der Waals surface area contributed by atoms with Crippen molar-refractivity contribution in [2.75, 3.05) is 39.3 Å². The largest absolute Gasteiger partial charge is 0.459 e. The SMILES string of the molecule is CCCN1CCN(C(=O)N2C=C(C(=O)OC(C)C)c3[nH]c4ccccc4c3C(C)(C)C2)CC1. The van der Waals surface area contributed by atoms with Crippen molar-refractivity contribution in [3.63, 3.8) is 0 Å². The molecule has 1 aromatic carbocycles. The predicted molar refractivity (Wildman–Crippen MR) is 131 cm³/mol. The molecule has 7 nitrogen and oxygen atoms in total. The second kappa shape index (κ2) is 9.21. The van der Waals surface area contributed by atoms with E-state index >= 15 is 0 Å². The molecular weight excluding hydrogens is 416 g/mol. The highest BCUT2D eigenvalue weighted by Crippen LogP contribution is 2.40. The van der Waals surface area contributed by atoms with E-state index in [0.717, 1.165) is 48.2 Å². The number of aromatic nitrogens is 1. The number of carbonyl (C=O) groups is 2. The van der Waals surface area contributed by atoms with Gasteiger partial charge in [-0.3, -0.25) is 9.80 Å². The van der Waals surface area contributed by atoms with Crippen LogP contribution in [0.1, 0.15) is 52.3 Å². The molecule has 2 aliphatic heterocycles. The van der Waals surface area contributed by atoms with Crippen LogP contribution in [0.2, 0.25) is 0 Å². The molecular formula is C26H36N4O3. The Morgan fingerprint density at radius 2 is 1.82 bits per heavy atom. The van der Waals surface area contributed by atoms with Gasteiger partial charge in [-0.05, 0) is 38.4 Å². The number of ether oxygens (including phenoxy) is 1. The van der Waals surface area contributed by atoms with Crippen molar-refractivity contribution in [3.05, 3.63) is 41.7 Å². The zero-order valence-electron chi connectivity index (χ0n) is 20.5. The quantitative estimate of drug-likeness (QED) is 0.706. The Labute approximate surface area is 196 Å². The van der Waals surface area contributed by atoms with Crippen molar-refractivity contribution in [1.82, 2.24) is 19.7 Å². The Balaban J connectivity index is 1.72. The summed E-state index contributed by atoms with van der Waals surface area (Å²) in [5.74, 6) is -0.416. The zero-order valence-corrected chi connectivity index (χ0v) is 20.5. The fourth-order valence-corrected chi connectivity index (χ4v) is 5.03. The van der Waals surface area contributed by atoms with E-state index in [0.29, 0.717) is 25.2 Å². The zero-order chi connectivity index (χ0) is 23.8. The van der Waals surface area contributed by atoms with Crippen LogP contribution in [-0.2, 0) is 14.9 Å². The molecule has 0 radical (unpaired) electrons. The average molecular weight is 453 g/mol. The van der Waals surface area contributed by atoms with Crippen molar-refractivity contribution < 1.29 is 14.3 Å². The number of benzene rings is 1. The summed E-state index contributed by atoms with van der Waals surface area (Å²) >= 11 is 0. The third kappa shape index (κ3) is 4.64. The standard InChI is InChI=1S/C26H36N4O3/c1-6-11-28-12-14-29(15-13-28)25(32)30-16-20(24(31)33-18(2)3)23-22(26(4,5)17-30)19-9-7-8-10-21(19)27-23/h7-10,16,18,27H,6,11-15,17H2,1-5H3. The number of hydrogen-bond acceptors (Lipinski definition) is 4. The molecule has 178 valence electrons. The Morgan fingerprint density at radius 1 is 1.12 bits per heavy atom. The lowest BCUT2D eigenvalue weighted by Crippen LogP contribution is -2.53. The first kappa shape index (κ1) is 23.4. The van der Waals surface area contributed by atoms with Gasteiger partial charge in [0.15, 0.2) is 0 Å². The number of aromatic amines is 1. The van der Waals surface area contributed by atoms with Gasteiger partial charge in [-0.1, -0.05) is 39.0 Å². The van der Waals surface area contributed by atoms with Crippen molar-refractivity contribution in [2.24, 2.45) is 0 Å². The van der Waals surface area contributed by atoms with E-state index in [9.17, 15) is 9.59 Å². The average Bonchev–Trinajstić information content (AvgIpc) is 3.11. The lowest BCUT2D eigenvalue weighted by Gasteiger charge is -2.38. The van der Waals surface area contributed by atoms with Crippen molar-refractivity contribution in [1.29, 1.82) is 0 Å². The Morgan fingerprint density at radius 3 is 2.48 bits per heavy atom. The van der Waals surface area contributed by atoms with Gasteiger partial charge in [0.05, 0.1) is 17.4 Å². The highest BCUT2D eigenvalue weighted by atomic mass is 16.5. The predicted octanol–water partition coefficient (Wildman–Crippen LogP) is 4.20. The number of nitrogens with zero attached hydrogens (tertiary/aromatic N) is 3. The van der Waals surface area contributed by atoms with E-state index in [2.05, 4.69) is 36.7 Å². The van der Waals surface area contributed by atoms with Crippen LogP contribution in [0, 0.1) is 0 Å². The molecule has 0 bridgehead atoms. The summed E-state index contributed by atoms with van der Waals surface area (Å²) in [5, 5.41) is 1.07. The minimum atomic E-state index is -0.416. The molecule has 1 fully saturated rings. The number of esters is 1. The Bertz CT molecular complexity index is 1060. The van der Waals surface area contributed by atoms with Crippen LogP contribution in [0.4, 0.5) is 4.79 Å². The number of fused-ring (bicyclic) bond motifs is 3. The molecule has 2 amide bonds. The maximum Gasteiger partial charge on any atom is 0.342 e. The lowest BCUT2D eigenvalue weighted by atomic mass is 9.82. The fourth-order valence-electron chi connectivity index (χ4n) is 5.03. The normalized spacial score (nSPS) is 18.8. The number of piperazine rings is 1. The molecule has 0 atom stereocenters. The minimum Gasteiger partial charge on any atom is -0.459 e. The summed E-state index contributed by atoms with van der Waals surface area (Å²) in [6, 6.07) is 8.02. The van der Waals surface area contributed by atoms with Crippen LogP contribution in [0.15, 0.2) is 30.5 Å². The van der Waals surface area contributed by atoms with Crippen LogP contribution < -0.4 is 0 Å². The van der Waals surface area contributed by atoms with Crippen LogP contribution in [0.3, 0.4) is 0 Å². The summed E-state index contributed by atoms with van der Waals surface area (Å²) < 4.78 is 5.60. The van der Waals surface area contributed by atoms with Gasteiger partial charge in [0.1, 0.15) is 0 Å². The Hall–Kier alpha value is -2.80. The van der Waals surface area contributed by atoms with Crippen LogP contribution in [0.5, 0.6) is 0 Å². The van der Waals surface area contributed by atoms with Gasteiger partial charge in [-0.25, -0.2) is 9.59 Å². The first-order chi connectivity index (χ1) is 15.7. The van der Waals surface area contributed by atoms with Gasteiger partial charge < -0.3 is 14.6 Å². The molecule has 2 aliphatic rings. The van der Waals surface area contributed by atoms with Crippen LogP contribution in [-0.4, -0.2) is 77.1 Å². The number of carbonyl (C=O) groups excluding carboxylic acids is 2. The molecule has 1 aromatic heterocycles. The maximum absolute atomic E-state index is 13.6. The molecule has 0 spiro atoms. The molecule has 33 heavy (non-hydrogen) atoms. The van der Waals surface area contributed by atoms with Crippen LogP contribution >= 0.6 is 0 Å². The van der Waals surface area contributed by atoms with Crippen molar-refractivity contribution in [2.45, 2.75) is 52.6 Å². The monoisotopic (exact) mass is 452 g/mol. The van der Waals surface area contributed by atoms with Gasteiger partial charge in [0.25, 0.3) is 0 Å². The van der Waals surface area contributed by atoms with Crippen molar-refractivity contribution in [3.8, 4) is 0 Å². The second-order valence-corrected chi connectivity index (χ2v) is 10.0. The topological polar surface area (TPSA) is 68.9 Å². The van der Waals surface area contributed by atoms with Gasteiger partial charge in [-0.2, -0.15) is 0 Å². The highest BCUT2D eigenvalue weighted by Gasteiger charge is 2.38. The van der Waals surface area contributed by atoms with Crippen LogP contribution in [0.25, 0.3) is 16.5 Å². The molecule has 0 saturated carbocycles. The Kier molecular flexibility index (Phi) is 6.52. The molecule has 0 unspecified atom stereocenters. The highest BCUT2D eigenvalue weighted by molar-refractivity contribution is 6.18. The summed E-state index contributed by atoms with van der Waals surface area (Å²) in [4.78, 5) is 36.3. The molecule has 7 heteroatoms. The number of urea groups is 1. The molecule has 1 N–H and O–H groups in total.